The van der Waals surface area contributed by atoms with E-state index in [1.165, 1.54) is 0 Å². The Morgan fingerprint density at radius 3 is 2.79 bits per heavy atom. The summed E-state index contributed by atoms with van der Waals surface area (Å²) in [4.78, 5) is 13.8. The third-order valence-corrected chi connectivity index (χ3v) is 3.73. The molecule has 1 aliphatic rings. The maximum Gasteiger partial charge on any atom is 0.239 e. The van der Waals surface area contributed by atoms with Crippen LogP contribution in [-0.4, -0.2) is 34.5 Å². The number of likely N-dealkylation sites (tertiary alicyclic amines) is 1. The zero-order valence-electron chi connectivity index (χ0n) is 11.3. The van der Waals surface area contributed by atoms with Gasteiger partial charge >= 0.3 is 0 Å². The minimum absolute atomic E-state index is 0.0113. The third-order valence-electron chi connectivity index (χ3n) is 3.73. The minimum Gasteiger partial charge on any atom is -0.388 e. The van der Waals surface area contributed by atoms with Crippen molar-refractivity contribution in [3.63, 3.8) is 0 Å². The summed E-state index contributed by atoms with van der Waals surface area (Å²) in [6.45, 7) is 2.47. The van der Waals surface area contributed by atoms with E-state index >= 15 is 0 Å². The van der Waals surface area contributed by atoms with Crippen molar-refractivity contribution in [2.75, 3.05) is 6.54 Å². The van der Waals surface area contributed by atoms with Crippen molar-refractivity contribution in [1.29, 1.82) is 0 Å². The van der Waals surface area contributed by atoms with Crippen molar-refractivity contribution in [2.24, 2.45) is 5.73 Å². The first-order chi connectivity index (χ1) is 9.09. The van der Waals surface area contributed by atoms with Gasteiger partial charge in [0.1, 0.15) is 0 Å². The predicted octanol–water partition coefficient (Wildman–Crippen LogP) is 1.45. The monoisotopic (exact) mass is 262 g/mol. The average Bonchev–Trinajstić information content (AvgIpc) is 2.86. The number of nitrogens with two attached hydrogens (primary N) is 1. The Bertz CT molecular complexity index is 419. The van der Waals surface area contributed by atoms with E-state index < -0.39 is 12.1 Å². The first kappa shape index (κ1) is 14.0. The Kier molecular flexibility index (Phi) is 4.56. The number of hydrogen-bond donors (Lipinski definition) is 2. The molecule has 1 heterocycles. The molecule has 1 aromatic rings. The highest BCUT2D eigenvalue weighted by atomic mass is 16.3. The highest BCUT2D eigenvalue weighted by Crippen LogP contribution is 2.27. The van der Waals surface area contributed by atoms with Gasteiger partial charge in [0.2, 0.25) is 5.91 Å². The largest absolute Gasteiger partial charge is 0.388 e. The summed E-state index contributed by atoms with van der Waals surface area (Å²) in [5, 5.41) is 10.2. The summed E-state index contributed by atoms with van der Waals surface area (Å²) in [7, 11) is 0. The van der Waals surface area contributed by atoms with Crippen LogP contribution in [0, 0.1) is 0 Å². The van der Waals surface area contributed by atoms with E-state index in [0.29, 0.717) is 6.42 Å². The molecule has 0 spiro atoms. The smallest absolute Gasteiger partial charge is 0.239 e. The van der Waals surface area contributed by atoms with E-state index in [1.807, 2.05) is 35.2 Å². The van der Waals surface area contributed by atoms with Gasteiger partial charge in [-0.2, -0.15) is 0 Å². The van der Waals surface area contributed by atoms with Gasteiger partial charge in [-0.1, -0.05) is 30.3 Å². The number of amides is 1. The molecule has 0 radical (unpaired) electrons. The fraction of sp³-hybridized carbons (Fsp3) is 0.533. The van der Waals surface area contributed by atoms with Crippen LogP contribution in [0.1, 0.15) is 37.9 Å². The summed E-state index contributed by atoms with van der Waals surface area (Å²) in [6.07, 6.45) is 2.00. The molecular formula is C15H22N2O2. The van der Waals surface area contributed by atoms with Gasteiger partial charge in [-0.05, 0) is 31.7 Å². The van der Waals surface area contributed by atoms with Gasteiger partial charge in [0.25, 0.3) is 0 Å². The zero-order chi connectivity index (χ0) is 13.8. The number of benzene rings is 1. The maximum atomic E-state index is 12.0. The van der Waals surface area contributed by atoms with Crippen molar-refractivity contribution in [2.45, 2.75) is 44.4 Å². The van der Waals surface area contributed by atoms with Gasteiger partial charge in [-0.25, -0.2) is 0 Å². The molecule has 1 saturated heterocycles. The number of carbonyl (C=O) groups is 1. The van der Waals surface area contributed by atoms with E-state index in [9.17, 15) is 9.90 Å². The Morgan fingerprint density at radius 2 is 2.16 bits per heavy atom. The van der Waals surface area contributed by atoms with Crippen LogP contribution < -0.4 is 5.73 Å². The van der Waals surface area contributed by atoms with Crippen LogP contribution in [0.3, 0.4) is 0 Å². The molecule has 1 fully saturated rings. The Balaban J connectivity index is 2.00. The second kappa shape index (κ2) is 6.17. The summed E-state index contributed by atoms with van der Waals surface area (Å²) in [5.74, 6) is -0.0113. The van der Waals surface area contributed by atoms with Gasteiger partial charge in [-0.3, -0.25) is 4.79 Å². The van der Waals surface area contributed by atoms with E-state index in [0.717, 1.165) is 24.9 Å². The molecule has 0 bridgehead atoms. The van der Waals surface area contributed by atoms with Crippen molar-refractivity contribution in [3.05, 3.63) is 35.9 Å². The van der Waals surface area contributed by atoms with E-state index in [1.54, 1.807) is 6.92 Å². The van der Waals surface area contributed by atoms with Crippen LogP contribution >= 0.6 is 0 Å². The number of carbonyl (C=O) groups excluding carboxylic acids is 1. The number of aliphatic hydroxyl groups is 1. The fourth-order valence-corrected chi connectivity index (χ4v) is 2.70. The molecule has 4 heteroatoms. The van der Waals surface area contributed by atoms with E-state index in [4.69, 9.17) is 5.73 Å². The van der Waals surface area contributed by atoms with Crippen LogP contribution in [0.25, 0.3) is 0 Å². The molecule has 1 aliphatic heterocycles. The van der Waals surface area contributed by atoms with Crippen LogP contribution in [-0.2, 0) is 4.79 Å². The van der Waals surface area contributed by atoms with Crippen LogP contribution in [0.4, 0.5) is 0 Å². The lowest BCUT2D eigenvalue weighted by atomic mass is 10.0. The predicted molar refractivity (Wildman–Crippen MR) is 74.4 cm³/mol. The van der Waals surface area contributed by atoms with E-state index in [-0.39, 0.29) is 11.9 Å². The molecule has 2 rings (SSSR count). The standard InChI is InChI=1S/C15H22N2O2/c1-11(16)15(19)17-9-5-8-13(17)10-14(18)12-6-3-2-4-7-12/h2-4,6-7,11,13-14,18H,5,8-10,16H2,1H3/t11-,13+,14+/m0/s1. The molecule has 0 aromatic heterocycles. The molecule has 3 N–H and O–H groups in total. The SMILES string of the molecule is C[C@H](N)C(=O)N1CCC[C@@H]1C[C@@H](O)c1ccccc1. The van der Waals surface area contributed by atoms with Gasteiger partial charge < -0.3 is 15.7 Å². The van der Waals surface area contributed by atoms with Crippen LogP contribution in [0.5, 0.6) is 0 Å². The zero-order valence-corrected chi connectivity index (χ0v) is 11.3. The Labute approximate surface area is 114 Å². The number of aliphatic hydroxyl groups excluding tert-OH is 1. The van der Waals surface area contributed by atoms with Gasteiger partial charge in [0.05, 0.1) is 12.1 Å². The molecule has 19 heavy (non-hydrogen) atoms. The number of nitrogens with zero attached hydrogens (tertiary/aromatic N) is 1. The number of hydrogen-bond acceptors (Lipinski definition) is 3. The van der Waals surface area contributed by atoms with Crippen molar-refractivity contribution < 1.29 is 9.90 Å². The fourth-order valence-electron chi connectivity index (χ4n) is 2.70. The molecule has 1 aromatic carbocycles. The van der Waals surface area contributed by atoms with Gasteiger partial charge in [0, 0.05) is 12.6 Å². The summed E-state index contributed by atoms with van der Waals surface area (Å²) < 4.78 is 0. The molecular weight excluding hydrogens is 240 g/mol. The molecule has 0 saturated carbocycles. The van der Waals surface area contributed by atoms with E-state index in [2.05, 4.69) is 0 Å². The summed E-state index contributed by atoms with van der Waals surface area (Å²) >= 11 is 0. The normalized spacial score (nSPS) is 22.3. The number of rotatable bonds is 4. The van der Waals surface area contributed by atoms with Crippen molar-refractivity contribution in [3.8, 4) is 0 Å². The first-order valence-corrected chi connectivity index (χ1v) is 6.88. The van der Waals surface area contributed by atoms with Crippen molar-refractivity contribution >= 4 is 5.91 Å². The second-order valence-electron chi connectivity index (χ2n) is 5.28. The summed E-state index contributed by atoms with van der Waals surface area (Å²) in [5.41, 5.74) is 6.57. The second-order valence-corrected chi connectivity index (χ2v) is 5.28. The first-order valence-electron chi connectivity index (χ1n) is 6.88. The molecule has 1 amide bonds. The minimum atomic E-state index is -0.521. The highest BCUT2D eigenvalue weighted by molar-refractivity contribution is 5.81. The average molecular weight is 262 g/mol. The third kappa shape index (κ3) is 3.33. The quantitative estimate of drug-likeness (QED) is 0.863. The maximum absolute atomic E-state index is 12.0. The molecule has 0 unspecified atom stereocenters. The molecule has 104 valence electrons. The summed E-state index contributed by atoms with van der Waals surface area (Å²) in [6, 6.07) is 9.23. The highest BCUT2D eigenvalue weighted by Gasteiger charge is 2.31. The van der Waals surface area contributed by atoms with Crippen LogP contribution in [0.2, 0.25) is 0 Å². The Hall–Kier alpha value is -1.39. The van der Waals surface area contributed by atoms with Crippen LogP contribution in [0.15, 0.2) is 30.3 Å². The van der Waals surface area contributed by atoms with Crippen molar-refractivity contribution in [1.82, 2.24) is 4.90 Å². The lowest BCUT2D eigenvalue weighted by molar-refractivity contribution is -0.133. The van der Waals surface area contributed by atoms with Gasteiger partial charge in [0.15, 0.2) is 0 Å². The molecule has 4 nitrogen and oxygen atoms in total. The molecule has 0 aliphatic carbocycles. The Morgan fingerprint density at radius 1 is 1.47 bits per heavy atom. The lowest BCUT2D eigenvalue weighted by Gasteiger charge is -2.28. The molecule has 3 atom stereocenters. The van der Waals surface area contributed by atoms with Gasteiger partial charge in [-0.15, -0.1) is 0 Å². The topological polar surface area (TPSA) is 66.6 Å². The lowest BCUT2D eigenvalue weighted by Crippen LogP contribution is -2.44.